The van der Waals surface area contributed by atoms with Gasteiger partial charge in [-0.15, -0.1) is 0 Å². The molecule has 3 N–H and O–H groups in total. The molecule has 0 fully saturated rings. The highest BCUT2D eigenvalue weighted by Gasteiger charge is 2.25. The molecule has 120 valence electrons. The van der Waals surface area contributed by atoms with Gasteiger partial charge in [-0.1, -0.05) is 17.7 Å². The number of aliphatic imine (C=N–C) groups is 2. The molecule has 0 amide bonds. The Bertz CT molecular complexity index is 801. The zero-order valence-corrected chi connectivity index (χ0v) is 14.5. The third-order valence-corrected chi connectivity index (χ3v) is 4.55. The summed E-state index contributed by atoms with van der Waals surface area (Å²) in [6.07, 6.45) is 1.62. The van der Waals surface area contributed by atoms with Crippen LogP contribution in [0.3, 0.4) is 0 Å². The van der Waals surface area contributed by atoms with Crippen molar-refractivity contribution in [2.75, 3.05) is 0 Å². The standard InChI is InChI=1S/C16H10BrClF2N2.H3N/c1-8-7-21-12-6-5-9(17)15(18)14(12)16(22-8)13-10(19)3-2-4-11(13)20;/h2-8H,1H3;1H3/t8-;/m0./s1. The molecule has 1 aliphatic heterocycles. The van der Waals surface area contributed by atoms with Crippen LogP contribution in [0.1, 0.15) is 18.1 Å². The Hall–Kier alpha value is -1.63. The summed E-state index contributed by atoms with van der Waals surface area (Å²) in [5.41, 5.74) is 0.919. The summed E-state index contributed by atoms with van der Waals surface area (Å²) in [4.78, 5) is 8.71. The second-order valence-electron chi connectivity index (χ2n) is 4.85. The summed E-state index contributed by atoms with van der Waals surface area (Å²) in [5.74, 6) is -1.37. The quantitative estimate of drug-likeness (QED) is 0.676. The number of halogens is 4. The minimum absolute atomic E-state index is 0. The minimum Gasteiger partial charge on any atom is -0.344 e. The van der Waals surface area contributed by atoms with Gasteiger partial charge in [-0.3, -0.25) is 9.98 Å². The first-order valence-corrected chi connectivity index (χ1v) is 7.71. The molecule has 0 unspecified atom stereocenters. The van der Waals surface area contributed by atoms with Crippen molar-refractivity contribution in [3.8, 4) is 0 Å². The van der Waals surface area contributed by atoms with Crippen molar-refractivity contribution in [1.82, 2.24) is 6.15 Å². The van der Waals surface area contributed by atoms with Gasteiger partial charge in [0, 0.05) is 16.3 Å². The highest BCUT2D eigenvalue weighted by atomic mass is 79.9. The van der Waals surface area contributed by atoms with E-state index in [1.54, 1.807) is 25.3 Å². The van der Waals surface area contributed by atoms with E-state index in [0.717, 1.165) is 0 Å². The molecule has 7 heteroatoms. The van der Waals surface area contributed by atoms with E-state index in [9.17, 15) is 8.78 Å². The van der Waals surface area contributed by atoms with Crippen LogP contribution in [0.25, 0.3) is 0 Å². The lowest BCUT2D eigenvalue weighted by Gasteiger charge is -2.13. The zero-order valence-electron chi connectivity index (χ0n) is 12.2. The molecule has 1 atom stereocenters. The van der Waals surface area contributed by atoms with E-state index < -0.39 is 11.6 Å². The van der Waals surface area contributed by atoms with Crippen LogP contribution in [0.2, 0.25) is 5.02 Å². The second kappa shape index (κ2) is 6.86. The smallest absolute Gasteiger partial charge is 0.135 e. The average Bonchev–Trinajstić information content (AvgIpc) is 2.63. The van der Waals surface area contributed by atoms with Gasteiger partial charge >= 0.3 is 0 Å². The molecule has 3 nitrogen and oxygen atoms in total. The predicted molar refractivity (Wildman–Crippen MR) is 93.8 cm³/mol. The summed E-state index contributed by atoms with van der Waals surface area (Å²) in [7, 11) is 0. The Balaban J connectivity index is 0.00000192. The molecule has 0 spiro atoms. The predicted octanol–water partition coefficient (Wildman–Crippen LogP) is 5.48. The normalized spacial score (nSPS) is 16.2. The second-order valence-corrected chi connectivity index (χ2v) is 6.08. The van der Waals surface area contributed by atoms with Crippen molar-refractivity contribution >= 4 is 45.1 Å². The van der Waals surface area contributed by atoms with Crippen LogP contribution in [0.5, 0.6) is 0 Å². The third-order valence-electron chi connectivity index (χ3n) is 3.27. The van der Waals surface area contributed by atoms with E-state index in [4.69, 9.17) is 11.6 Å². The van der Waals surface area contributed by atoms with Crippen molar-refractivity contribution in [2.24, 2.45) is 9.98 Å². The molecular formula is C16H13BrClF2N3. The maximum atomic E-state index is 14.2. The van der Waals surface area contributed by atoms with Crippen molar-refractivity contribution in [1.29, 1.82) is 0 Å². The molecule has 0 aliphatic carbocycles. The number of fused-ring (bicyclic) bond motifs is 1. The van der Waals surface area contributed by atoms with Gasteiger partial charge in [0.2, 0.25) is 0 Å². The lowest BCUT2D eigenvalue weighted by molar-refractivity contribution is 0.579. The largest absolute Gasteiger partial charge is 0.344 e. The SMILES string of the molecule is C[C@H]1C=Nc2ccc(Br)c(Cl)c2C(c2c(F)cccc2F)=N1.N. The van der Waals surface area contributed by atoms with E-state index in [-0.39, 0.29) is 23.5 Å². The van der Waals surface area contributed by atoms with Gasteiger partial charge in [0.25, 0.3) is 0 Å². The number of hydrogen-bond acceptors (Lipinski definition) is 3. The third kappa shape index (κ3) is 3.20. The summed E-state index contributed by atoms with van der Waals surface area (Å²) in [5, 5.41) is 0.324. The molecule has 0 radical (unpaired) electrons. The summed E-state index contributed by atoms with van der Waals surface area (Å²) in [6.45, 7) is 1.79. The molecule has 2 aromatic carbocycles. The van der Waals surface area contributed by atoms with Crippen LogP contribution in [-0.2, 0) is 0 Å². The topological polar surface area (TPSA) is 59.7 Å². The molecule has 0 saturated heterocycles. The Morgan fingerprint density at radius 1 is 1.09 bits per heavy atom. The summed E-state index contributed by atoms with van der Waals surface area (Å²) >= 11 is 9.66. The highest BCUT2D eigenvalue weighted by molar-refractivity contribution is 9.10. The fraction of sp³-hybridized carbons (Fsp3) is 0.125. The van der Waals surface area contributed by atoms with Gasteiger partial charge in [-0.2, -0.15) is 0 Å². The number of benzene rings is 2. The molecule has 0 aromatic heterocycles. The molecule has 1 heterocycles. The molecule has 0 bridgehead atoms. The Morgan fingerprint density at radius 2 is 1.74 bits per heavy atom. The summed E-state index contributed by atoms with van der Waals surface area (Å²) in [6, 6.07) is 6.86. The van der Waals surface area contributed by atoms with E-state index in [1.165, 1.54) is 18.2 Å². The molecule has 23 heavy (non-hydrogen) atoms. The first-order chi connectivity index (χ1) is 10.5. The Kier molecular flexibility index (Phi) is 5.29. The van der Waals surface area contributed by atoms with Crippen molar-refractivity contribution in [3.05, 3.63) is 62.6 Å². The number of nitrogens with zero attached hydrogens (tertiary/aromatic N) is 2. The highest BCUT2D eigenvalue weighted by Crippen LogP contribution is 2.37. The zero-order chi connectivity index (χ0) is 15.9. The van der Waals surface area contributed by atoms with Crippen molar-refractivity contribution in [3.63, 3.8) is 0 Å². The minimum atomic E-state index is -0.685. The van der Waals surface area contributed by atoms with Crippen LogP contribution in [-0.4, -0.2) is 18.0 Å². The Labute approximate surface area is 145 Å². The van der Waals surface area contributed by atoms with Crippen LogP contribution >= 0.6 is 27.5 Å². The van der Waals surface area contributed by atoms with Gasteiger partial charge < -0.3 is 6.15 Å². The van der Waals surface area contributed by atoms with Crippen LogP contribution in [0, 0.1) is 11.6 Å². The average molecular weight is 401 g/mol. The van der Waals surface area contributed by atoms with Gasteiger partial charge in [0.05, 0.1) is 28.0 Å². The maximum absolute atomic E-state index is 14.2. The van der Waals surface area contributed by atoms with E-state index in [0.29, 0.717) is 20.7 Å². The number of rotatable bonds is 1. The fourth-order valence-electron chi connectivity index (χ4n) is 2.28. The van der Waals surface area contributed by atoms with Crippen molar-refractivity contribution < 1.29 is 8.78 Å². The van der Waals surface area contributed by atoms with Gasteiger partial charge in [0.15, 0.2) is 0 Å². The van der Waals surface area contributed by atoms with Crippen LogP contribution < -0.4 is 6.15 Å². The molecule has 0 saturated carbocycles. The van der Waals surface area contributed by atoms with E-state index in [1.807, 2.05) is 0 Å². The van der Waals surface area contributed by atoms with Crippen molar-refractivity contribution in [2.45, 2.75) is 13.0 Å². The van der Waals surface area contributed by atoms with E-state index >= 15 is 0 Å². The fourth-order valence-corrected chi connectivity index (χ4v) is 2.86. The summed E-state index contributed by atoms with van der Waals surface area (Å²) < 4.78 is 29.0. The first-order valence-electron chi connectivity index (χ1n) is 6.53. The van der Waals surface area contributed by atoms with Gasteiger partial charge in [-0.05, 0) is 47.1 Å². The molecule has 1 aliphatic rings. The number of hydrogen-bond donors (Lipinski definition) is 1. The first kappa shape index (κ1) is 17.7. The monoisotopic (exact) mass is 399 g/mol. The van der Waals surface area contributed by atoms with Crippen LogP contribution in [0.15, 0.2) is 44.8 Å². The lowest BCUT2D eigenvalue weighted by Crippen LogP contribution is -2.12. The maximum Gasteiger partial charge on any atom is 0.135 e. The lowest BCUT2D eigenvalue weighted by atomic mass is 9.99. The Morgan fingerprint density at radius 3 is 2.39 bits per heavy atom. The van der Waals surface area contributed by atoms with E-state index in [2.05, 4.69) is 25.9 Å². The molecular weight excluding hydrogens is 388 g/mol. The van der Waals surface area contributed by atoms with Crippen LogP contribution in [0.4, 0.5) is 14.5 Å². The molecule has 2 aromatic rings. The van der Waals surface area contributed by atoms with Gasteiger partial charge in [0.1, 0.15) is 11.6 Å². The van der Waals surface area contributed by atoms with Gasteiger partial charge in [-0.25, -0.2) is 8.78 Å². The molecule has 3 rings (SSSR count).